The van der Waals surface area contributed by atoms with Crippen LogP contribution < -0.4 is 5.32 Å². The molecule has 0 fully saturated rings. The summed E-state index contributed by atoms with van der Waals surface area (Å²) in [6.45, 7) is 3.98. The fraction of sp³-hybridized carbons (Fsp3) is 0.278. The zero-order chi connectivity index (χ0) is 18.4. The van der Waals surface area contributed by atoms with Crippen molar-refractivity contribution in [3.63, 3.8) is 0 Å². The number of hydrogen-bond acceptors (Lipinski definition) is 4. The molecule has 3 aromatic rings. The van der Waals surface area contributed by atoms with Crippen LogP contribution in [-0.2, 0) is 11.8 Å². The fourth-order valence-corrected chi connectivity index (χ4v) is 4.61. The third-order valence-corrected chi connectivity index (χ3v) is 5.83. The van der Waals surface area contributed by atoms with Gasteiger partial charge in [-0.1, -0.05) is 6.07 Å². The van der Waals surface area contributed by atoms with Crippen molar-refractivity contribution in [3.8, 4) is 5.69 Å². The number of hydrogen-bond donors (Lipinski definition) is 1. The second-order valence-corrected chi connectivity index (χ2v) is 7.37. The average Bonchev–Trinajstić information content (AvgIpc) is 3.06. The van der Waals surface area contributed by atoms with Gasteiger partial charge in [-0.05, 0) is 32.0 Å². The summed E-state index contributed by atoms with van der Waals surface area (Å²) in [6.07, 6.45) is 1.62. The van der Waals surface area contributed by atoms with E-state index in [9.17, 15) is 9.18 Å². The van der Waals surface area contributed by atoms with Crippen molar-refractivity contribution >= 4 is 23.5 Å². The van der Waals surface area contributed by atoms with Gasteiger partial charge in [-0.2, -0.15) is 5.10 Å². The van der Waals surface area contributed by atoms with Crippen molar-refractivity contribution in [1.29, 1.82) is 0 Å². The third-order valence-electron chi connectivity index (χ3n) is 4.61. The van der Waals surface area contributed by atoms with Gasteiger partial charge in [0.25, 0.3) is 0 Å². The van der Waals surface area contributed by atoms with E-state index in [1.807, 2.05) is 36.2 Å². The van der Waals surface area contributed by atoms with E-state index in [1.54, 1.807) is 12.4 Å². The molecule has 1 aliphatic heterocycles. The molecular weight excluding hydrogens is 353 g/mol. The van der Waals surface area contributed by atoms with Gasteiger partial charge in [0.15, 0.2) is 5.82 Å². The van der Waals surface area contributed by atoms with Crippen molar-refractivity contribution in [2.75, 3.05) is 11.1 Å². The van der Waals surface area contributed by atoms with E-state index >= 15 is 0 Å². The van der Waals surface area contributed by atoms with Crippen molar-refractivity contribution in [2.24, 2.45) is 7.05 Å². The predicted molar refractivity (Wildman–Crippen MR) is 99.1 cm³/mol. The number of rotatable bonds is 2. The van der Waals surface area contributed by atoms with Crippen molar-refractivity contribution in [1.82, 2.24) is 19.3 Å². The van der Waals surface area contributed by atoms with Crippen molar-refractivity contribution in [2.45, 2.75) is 19.1 Å². The second-order valence-electron chi connectivity index (χ2n) is 6.28. The molecular formula is C18H18FN5OS. The summed E-state index contributed by atoms with van der Waals surface area (Å²) in [7, 11) is 1.90. The van der Waals surface area contributed by atoms with Gasteiger partial charge in [0.05, 0.1) is 22.4 Å². The quantitative estimate of drug-likeness (QED) is 0.752. The minimum absolute atomic E-state index is 0.0950. The van der Waals surface area contributed by atoms with Crippen LogP contribution in [0, 0.1) is 19.7 Å². The van der Waals surface area contributed by atoms with Crippen LogP contribution in [0.4, 0.5) is 10.2 Å². The standard InChI is InChI=1S/C18H18FN5OS/c1-10-15(11(2)23(3)22-10)17-16-18(21-14(25)8-26-17)20-9-24(16)13-6-4-5-12(19)7-13/h4-7,9,17H,8H2,1-3H3,(H,21,25)/t17-/m0/s1. The minimum Gasteiger partial charge on any atom is -0.308 e. The highest BCUT2D eigenvalue weighted by Crippen LogP contribution is 2.44. The van der Waals surface area contributed by atoms with Crippen molar-refractivity contribution < 1.29 is 9.18 Å². The Kier molecular flexibility index (Phi) is 4.07. The molecule has 2 aromatic heterocycles. The fourth-order valence-electron chi connectivity index (χ4n) is 3.33. The molecule has 6 nitrogen and oxygen atoms in total. The summed E-state index contributed by atoms with van der Waals surface area (Å²) >= 11 is 1.53. The monoisotopic (exact) mass is 371 g/mol. The van der Waals surface area contributed by atoms with Gasteiger partial charge in [0.1, 0.15) is 12.1 Å². The second kappa shape index (κ2) is 6.28. The van der Waals surface area contributed by atoms with E-state index in [-0.39, 0.29) is 17.0 Å². The van der Waals surface area contributed by atoms with Gasteiger partial charge in [0.2, 0.25) is 5.91 Å². The maximum atomic E-state index is 13.8. The summed E-state index contributed by atoms with van der Waals surface area (Å²) in [4.78, 5) is 16.5. The first-order valence-corrected chi connectivity index (χ1v) is 9.25. The van der Waals surface area contributed by atoms with Crippen LogP contribution in [0.3, 0.4) is 0 Å². The Labute approximate surface area is 154 Å². The van der Waals surface area contributed by atoms with Gasteiger partial charge in [0, 0.05) is 24.0 Å². The zero-order valence-corrected chi connectivity index (χ0v) is 15.5. The Morgan fingerprint density at radius 3 is 2.85 bits per heavy atom. The van der Waals surface area contributed by atoms with E-state index in [1.165, 1.54) is 23.9 Å². The molecule has 0 saturated heterocycles. The lowest BCUT2D eigenvalue weighted by Crippen LogP contribution is -2.12. The molecule has 1 aromatic carbocycles. The molecule has 0 radical (unpaired) electrons. The van der Waals surface area contributed by atoms with Gasteiger partial charge < -0.3 is 5.32 Å². The van der Waals surface area contributed by atoms with Crippen LogP contribution in [0.2, 0.25) is 0 Å². The van der Waals surface area contributed by atoms with Crippen LogP contribution in [0.25, 0.3) is 5.69 Å². The molecule has 0 saturated carbocycles. The van der Waals surface area contributed by atoms with E-state index in [2.05, 4.69) is 15.4 Å². The smallest absolute Gasteiger partial charge is 0.235 e. The van der Waals surface area contributed by atoms with Crippen LogP contribution in [0.1, 0.15) is 27.9 Å². The van der Waals surface area contributed by atoms with Gasteiger partial charge in [-0.25, -0.2) is 9.37 Å². The molecule has 26 heavy (non-hydrogen) atoms. The Morgan fingerprint density at radius 2 is 2.15 bits per heavy atom. The zero-order valence-electron chi connectivity index (χ0n) is 14.7. The van der Waals surface area contributed by atoms with Crippen molar-refractivity contribution in [3.05, 3.63) is 59.1 Å². The first-order valence-electron chi connectivity index (χ1n) is 8.20. The molecule has 3 heterocycles. The minimum atomic E-state index is -0.319. The Bertz CT molecular complexity index is 1010. The molecule has 8 heteroatoms. The van der Waals surface area contributed by atoms with Gasteiger partial charge in [-0.3, -0.25) is 14.0 Å². The highest BCUT2D eigenvalue weighted by Gasteiger charge is 2.32. The number of thioether (sulfide) groups is 1. The number of carbonyl (C=O) groups excluding carboxylic acids is 1. The lowest BCUT2D eigenvalue weighted by atomic mass is 10.1. The summed E-state index contributed by atoms with van der Waals surface area (Å²) < 4.78 is 17.4. The number of fused-ring (bicyclic) bond motifs is 1. The van der Waals surface area contributed by atoms with Gasteiger partial charge >= 0.3 is 0 Å². The predicted octanol–water partition coefficient (Wildman–Crippen LogP) is 3.14. The summed E-state index contributed by atoms with van der Waals surface area (Å²) in [5, 5.41) is 7.24. The number of nitrogens with zero attached hydrogens (tertiary/aromatic N) is 4. The highest BCUT2D eigenvalue weighted by molar-refractivity contribution is 8.00. The normalized spacial score (nSPS) is 16.9. The summed E-state index contributed by atoms with van der Waals surface area (Å²) in [5.74, 6) is 0.415. The molecule has 1 amide bonds. The molecule has 0 aliphatic carbocycles. The number of carbonyl (C=O) groups is 1. The number of anilines is 1. The van der Waals surface area contributed by atoms with Crippen LogP contribution in [-0.4, -0.2) is 31.0 Å². The molecule has 4 rings (SSSR count). The Morgan fingerprint density at radius 1 is 1.35 bits per heavy atom. The summed E-state index contributed by atoms with van der Waals surface area (Å²) in [5.41, 5.74) is 4.50. The molecule has 1 N–H and O–H groups in total. The first-order chi connectivity index (χ1) is 12.5. The molecule has 0 spiro atoms. The van der Waals surface area contributed by atoms with Crippen LogP contribution in [0.15, 0.2) is 30.6 Å². The maximum Gasteiger partial charge on any atom is 0.235 e. The number of halogens is 1. The largest absolute Gasteiger partial charge is 0.308 e. The number of benzene rings is 1. The van der Waals surface area contributed by atoms with E-state index < -0.39 is 0 Å². The van der Waals surface area contributed by atoms with E-state index in [4.69, 9.17) is 0 Å². The van der Waals surface area contributed by atoms with E-state index in [0.717, 1.165) is 22.6 Å². The number of imidazole rings is 1. The number of aromatic nitrogens is 4. The highest BCUT2D eigenvalue weighted by atomic mass is 32.2. The number of amides is 1. The number of nitrogens with one attached hydrogen (secondary N) is 1. The lowest BCUT2D eigenvalue weighted by Gasteiger charge is -2.18. The molecule has 1 aliphatic rings. The molecule has 0 unspecified atom stereocenters. The third kappa shape index (κ3) is 2.70. The SMILES string of the molecule is Cc1nn(C)c(C)c1[C@@H]1SCC(=O)Nc2ncn(-c3cccc(F)c3)c21. The lowest BCUT2D eigenvalue weighted by molar-refractivity contribution is -0.113. The Hall–Kier alpha value is -2.61. The number of aryl methyl sites for hydroxylation is 2. The average molecular weight is 371 g/mol. The molecule has 134 valence electrons. The topological polar surface area (TPSA) is 64.7 Å². The summed E-state index contributed by atoms with van der Waals surface area (Å²) in [6, 6.07) is 6.35. The maximum absolute atomic E-state index is 13.8. The first kappa shape index (κ1) is 16.8. The van der Waals surface area contributed by atoms with E-state index in [0.29, 0.717) is 17.3 Å². The Balaban J connectivity index is 1.94. The van der Waals surface area contributed by atoms with Gasteiger partial charge in [-0.15, -0.1) is 11.8 Å². The molecule has 1 atom stereocenters. The molecule has 0 bridgehead atoms. The van der Waals surface area contributed by atoms with Crippen LogP contribution in [0.5, 0.6) is 0 Å². The van der Waals surface area contributed by atoms with Crippen LogP contribution >= 0.6 is 11.8 Å².